The lowest BCUT2D eigenvalue weighted by atomic mass is 9.92. The van der Waals surface area contributed by atoms with Crippen molar-refractivity contribution in [2.24, 2.45) is 0 Å². The fourth-order valence-electron chi connectivity index (χ4n) is 4.36. The van der Waals surface area contributed by atoms with Crippen molar-refractivity contribution < 1.29 is 22.6 Å². The number of nitrogens with two attached hydrogens (primary N) is 1. The molecule has 0 amide bonds. The summed E-state index contributed by atoms with van der Waals surface area (Å²) in [6, 6.07) is 13.8. The maximum Gasteiger partial charge on any atom is 0.235 e. The number of nitrogen functional groups attached to an aromatic ring is 1. The second-order valence-corrected chi connectivity index (χ2v) is 11.5. The second kappa shape index (κ2) is 9.13. The molecule has 34 heavy (non-hydrogen) atoms. The van der Waals surface area contributed by atoms with E-state index < -0.39 is 15.3 Å². The van der Waals surface area contributed by atoms with E-state index >= 15 is 0 Å². The molecular weight excluding hydrogens is 454 g/mol. The molecule has 9 heteroatoms. The number of anilines is 2. The lowest BCUT2D eigenvalue weighted by Gasteiger charge is -2.30. The predicted octanol–water partition coefficient (Wildman–Crippen LogP) is 4.52. The third-order valence-corrected chi connectivity index (χ3v) is 8.38. The molecule has 182 valence electrons. The van der Waals surface area contributed by atoms with Crippen LogP contribution in [0.4, 0.5) is 11.4 Å². The molecular formula is C25H31N3O5S. The van der Waals surface area contributed by atoms with Crippen LogP contribution in [-0.4, -0.2) is 44.3 Å². The first kappa shape index (κ1) is 23.0. The van der Waals surface area contributed by atoms with Gasteiger partial charge in [-0.05, 0) is 63.4 Å². The first-order chi connectivity index (χ1) is 16.3. The third kappa shape index (κ3) is 4.35. The van der Waals surface area contributed by atoms with E-state index in [-0.39, 0.29) is 6.10 Å². The summed E-state index contributed by atoms with van der Waals surface area (Å²) in [5, 5.41) is 0.445. The summed E-state index contributed by atoms with van der Waals surface area (Å²) in [5.74, 6) is 0.741. The molecule has 8 nitrogen and oxygen atoms in total. The Labute approximate surface area is 200 Å². The number of aromatic nitrogens is 1. The van der Waals surface area contributed by atoms with Crippen molar-refractivity contribution in [1.82, 2.24) is 4.57 Å². The van der Waals surface area contributed by atoms with Gasteiger partial charge in [-0.2, -0.15) is 0 Å². The van der Waals surface area contributed by atoms with Gasteiger partial charge in [0.1, 0.15) is 25.3 Å². The maximum absolute atomic E-state index is 12.2. The minimum Gasteiger partial charge on any atom is -0.491 e. The summed E-state index contributed by atoms with van der Waals surface area (Å²) in [6.45, 7) is 4.58. The van der Waals surface area contributed by atoms with Crippen LogP contribution in [0, 0.1) is 0 Å². The van der Waals surface area contributed by atoms with Crippen LogP contribution in [0.2, 0.25) is 0 Å². The van der Waals surface area contributed by atoms with Gasteiger partial charge < -0.3 is 24.5 Å². The van der Waals surface area contributed by atoms with Crippen LogP contribution in [0.3, 0.4) is 0 Å². The Morgan fingerprint density at radius 1 is 1.18 bits per heavy atom. The highest BCUT2D eigenvalue weighted by molar-refractivity contribution is 7.93. The van der Waals surface area contributed by atoms with Gasteiger partial charge in [-0.15, -0.1) is 0 Å². The highest BCUT2D eigenvalue weighted by Crippen LogP contribution is 2.45. The Morgan fingerprint density at radius 3 is 2.56 bits per heavy atom. The molecule has 1 saturated carbocycles. The van der Waals surface area contributed by atoms with Crippen molar-refractivity contribution in [2.75, 3.05) is 30.5 Å². The lowest BCUT2D eigenvalue weighted by molar-refractivity contribution is 0.0321. The number of hydrogen-bond acceptors (Lipinski definition) is 6. The molecule has 1 aliphatic heterocycles. The smallest absolute Gasteiger partial charge is 0.235 e. The normalized spacial score (nSPS) is 19.0. The van der Waals surface area contributed by atoms with Crippen LogP contribution in [0.25, 0.3) is 22.2 Å². The Morgan fingerprint density at radius 2 is 1.94 bits per heavy atom. The molecule has 0 radical (unpaired) electrons. The zero-order chi connectivity index (χ0) is 23.9. The number of sulfonamides is 1. The molecule has 1 saturated heterocycles. The molecule has 2 aliphatic rings. The Hall–Kier alpha value is -2.75. The average molecular weight is 486 g/mol. The van der Waals surface area contributed by atoms with E-state index in [1.54, 1.807) is 26.0 Å². The van der Waals surface area contributed by atoms with E-state index in [9.17, 15) is 8.42 Å². The molecule has 1 atom stereocenters. The monoisotopic (exact) mass is 485 g/mol. The van der Waals surface area contributed by atoms with E-state index in [4.69, 9.17) is 19.9 Å². The third-order valence-electron chi connectivity index (χ3n) is 6.62. The van der Waals surface area contributed by atoms with Crippen LogP contribution in [0.15, 0.2) is 42.5 Å². The number of nitrogens with one attached hydrogen (secondary N) is 1. The van der Waals surface area contributed by atoms with Gasteiger partial charge in [0.2, 0.25) is 10.0 Å². The summed E-state index contributed by atoms with van der Waals surface area (Å²) in [6.07, 6.45) is 3.36. The summed E-state index contributed by atoms with van der Waals surface area (Å²) >= 11 is 0. The summed E-state index contributed by atoms with van der Waals surface area (Å²) in [5.41, 5.74) is 10.9. The molecule has 2 fully saturated rings. The van der Waals surface area contributed by atoms with Crippen molar-refractivity contribution in [1.29, 1.82) is 0 Å². The van der Waals surface area contributed by atoms with E-state index in [0.717, 1.165) is 40.8 Å². The molecule has 3 N–H and O–H groups in total. The molecule has 0 bridgehead atoms. The van der Waals surface area contributed by atoms with Crippen molar-refractivity contribution >= 4 is 32.3 Å². The summed E-state index contributed by atoms with van der Waals surface area (Å²) < 4.78 is 46.1. The van der Waals surface area contributed by atoms with Gasteiger partial charge in [0.05, 0.1) is 28.8 Å². The molecule has 2 aromatic carbocycles. The molecule has 1 unspecified atom stereocenters. The molecule has 0 spiro atoms. The quantitative estimate of drug-likeness (QED) is 0.486. The molecule has 3 aromatic rings. The Bertz CT molecular complexity index is 1270. The summed E-state index contributed by atoms with van der Waals surface area (Å²) in [7, 11) is -3.40. The van der Waals surface area contributed by atoms with E-state index in [2.05, 4.69) is 15.4 Å². The van der Waals surface area contributed by atoms with Gasteiger partial charge in [0.25, 0.3) is 0 Å². The summed E-state index contributed by atoms with van der Waals surface area (Å²) in [4.78, 5) is 0. The maximum atomic E-state index is 12.2. The van der Waals surface area contributed by atoms with Gasteiger partial charge in [0.15, 0.2) is 0 Å². The average Bonchev–Trinajstić information content (AvgIpc) is 3.39. The topological polar surface area (TPSA) is 105 Å². The Kier molecular flexibility index (Phi) is 6.18. The molecule has 1 aliphatic carbocycles. The first-order valence-corrected chi connectivity index (χ1v) is 13.3. The van der Waals surface area contributed by atoms with Gasteiger partial charge in [0, 0.05) is 22.7 Å². The molecule has 1 aromatic heterocycles. The van der Waals surface area contributed by atoms with Gasteiger partial charge in [-0.25, -0.2) is 8.42 Å². The van der Waals surface area contributed by atoms with Crippen molar-refractivity contribution in [3.05, 3.63) is 42.5 Å². The SMILES string of the molecule is CC(C)S(=O)(=O)Nc1ccc(-c2c(N)c3cc(OCC4COCO4)ccc3n2C2CCC2)cc1. The fraction of sp³-hybridized carbons (Fsp3) is 0.440. The number of fused-ring (bicyclic) bond motifs is 1. The predicted molar refractivity (Wildman–Crippen MR) is 134 cm³/mol. The highest BCUT2D eigenvalue weighted by atomic mass is 32.2. The fourth-order valence-corrected chi connectivity index (χ4v) is 5.06. The van der Waals surface area contributed by atoms with Gasteiger partial charge >= 0.3 is 0 Å². The van der Waals surface area contributed by atoms with Gasteiger partial charge in [-0.3, -0.25) is 4.72 Å². The lowest BCUT2D eigenvalue weighted by Crippen LogP contribution is -2.22. The number of benzene rings is 2. The largest absolute Gasteiger partial charge is 0.491 e. The Balaban J connectivity index is 1.48. The number of hydrogen-bond donors (Lipinski definition) is 2. The van der Waals surface area contributed by atoms with E-state index in [1.165, 1.54) is 6.42 Å². The van der Waals surface area contributed by atoms with Crippen LogP contribution in [0.5, 0.6) is 5.75 Å². The zero-order valence-corrected chi connectivity index (χ0v) is 20.3. The standard InChI is InChI=1S/C25H31N3O5S/c1-16(2)34(29,30)27-18-8-6-17(7-9-18)25-24(26)22-12-20(32-14-21-13-31-15-33-21)10-11-23(22)28(25)19-4-3-5-19/h6-12,16,19,21,27H,3-5,13-15,26H2,1-2H3. The number of rotatable bonds is 8. The van der Waals surface area contributed by atoms with Gasteiger partial charge in [-0.1, -0.05) is 12.1 Å². The number of nitrogens with zero attached hydrogens (tertiary/aromatic N) is 1. The first-order valence-electron chi connectivity index (χ1n) is 11.7. The highest BCUT2D eigenvalue weighted by Gasteiger charge is 2.27. The molecule has 5 rings (SSSR count). The van der Waals surface area contributed by atoms with Crippen LogP contribution in [0.1, 0.15) is 39.2 Å². The van der Waals surface area contributed by atoms with E-state index in [1.807, 2.05) is 24.3 Å². The minimum absolute atomic E-state index is 0.0604. The van der Waals surface area contributed by atoms with Crippen LogP contribution >= 0.6 is 0 Å². The number of ether oxygens (including phenoxy) is 3. The zero-order valence-electron chi connectivity index (χ0n) is 19.5. The van der Waals surface area contributed by atoms with Crippen LogP contribution < -0.4 is 15.2 Å². The molecule has 2 heterocycles. The van der Waals surface area contributed by atoms with Crippen molar-refractivity contribution in [2.45, 2.75) is 50.5 Å². The van der Waals surface area contributed by atoms with E-state index in [0.29, 0.717) is 37.4 Å². The van der Waals surface area contributed by atoms with Crippen molar-refractivity contribution in [3.63, 3.8) is 0 Å². The van der Waals surface area contributed by atoms with Crippen LogP contribution in [-0.2, 0) is 19.5 Å². The van der Waals surface area contributed by atoms with Crippen molar-refractivity contribution in [3.8, 4) is 17.0 Å². The minimum atomic E-state index is -3.40. The second-order valence-electron chi connectivity index (χ2n) is 9.26.